The van der Waals surface area contributed by atoms with Crippen molar-refractivity contribution in [1.29, 1.82) is 0 Å². The average Bonchev–Trinajstić information content (AvgIpc) is 2.83. The minimum Gasteiger partial charge on any atom is -0.300 e. The van der Waals surface area contributed by atoms with Crippen LogP contribution in [0.15, 0.2) is 6.07 Å². The van der Waals surface area contributed by atoms with Crippen molar-refractivity contribution in [3.63, 3.8) is 0 Å². The number of carbonyl (C=O) groups excluding carboxylic acids is 4. The summed E-state index contributed by atoms with van der Waals surface area (Å²) >= 11 is 0. The number of benzene rings is 1. The molecule has 1 aliphatic rings. The van der Waals surface area contributed by atoms with Gasteiger partial charge < -0.3 is 0 Å². The first-order valence-corrected chi connectivity index (χ1v) is 16.0. The first-order valence-electron chi connectivity index (χ1n) is 16.0. The van der Waals surface area contributed by atoms with E-state index in [2.05, 4.69) is 61.5 Å². The van der Waals surface area contributed by atoms with Gasteiger partial charge in [0.15, 0.2) is 5.78 Å². The first-order chi connectivity index (χ1) is 18.8. The quantitative estimate of drug-likeness (QED) is 0.203. The Kier molecular flexibility index (Phi) is 15.9. The van der Waals surface area contributed by atoms with E-state index in [0.717, 1.165) is 48.8 Å². The molecule has 3 atom stereocenters. The van der Waals surface area contributed by atoms with Gasteiger partial charge in [-0.3, -0.25) is 19.2 Å². The van der Waals surface area contributed by atoms with Crippen LogP contribution in [-0.4, -0.2) is 23.1 Å². The molecule has 0 spiro atoms. The molecule has 0 bridgehead atoms. The second kappa shape index (κ2) is 17.7. The van der Waals surface area contributed by atoms with Crippen molar-refractivity contribution in [3.8, 4) is 0 Å². The van der Waals surface area contributed by atoms with Gasteiger partial charge in [-0.05, 0) is 85.5 Å². The van der Waals surface area contributed by atoms with Crippen molar-refractivity contribution in [2.45, 2.75) is 146 Å². The first kappa shape index (κ1) is 35.9. The van der Waals surface area contributed by atoms with E-state index in [-0.39, 0.29) is 53.2 Å². The molecule has 40 heavy (non-hydrogen) atoms. The lowest BCUT2D eigenvalue weighted by Gasteiger charge is -2.33. The molecule has 0 N–H and O–H groups in total. The van der Waals surface area contributed by atoms with Crippen molar-refractivity contribution in [1.82, 2.24) is 0 Å². The lowest BCUT2D eigenvalue weighted by atomic mass is 9.70. The molecule has 0 aromatic heterocycles. The maximum absolute atomic E-state index is 13.6. The molecular formula is C36H58O4. The van der Waals surface area contributed by atoms with Crippen molar-refractivity contribution >= 4 is 23.1 Å². The molecule has 0 amide bonds. The molecule has 0 radical (unpaired) electrons. The molecule has 1 aromatic rings. The van der Waals surface area contributed by atoms with Gasteiger partial charge >= 0.3 is 0 Å². The van der Waals surface area contributed by atoms with Crippen LogP contribution >= 0.6 is 0 Å². The Morgan fingerprint density at radius 2 is 1.62 bits per heavy atom. The maximum atomic E-state index is 13.6. The summed E-state index contributed by atoms with van der Waals surface area (Å²) in [6.07, 6.45) is 7.98. The second-order valence-corrected chi connectivity index (χ2v) is 12.9. The highest BCUT2D eigenvalue weighted by Crippen LogP contribution is 2.40. The van der Waals surface area contributed by atoms with Gasteiger partial charge in [0.2, 0.25) is 0 Å². The van der Waals surface area contributed by atoms with Crippen LogP contribution in [0.5, 0.6) is 0 Å². The third kappa shape index (κ3) is 10.7. The molecule has 0 saturated carbocycles. The molecule has 4 nitrogen and oxygen atoms in total. The predicted octanol–water partition coefficient (Wildman–Crippen LogP) is 9.21. The van der Waals surface area contributed by atoms with Crippen LogP contribution in [0, 0.1) is 30.6 Å². The summed E-state index contributed by atoms with van der Waals surface area (Å²) in [4.78, 5) is 50.5. The van der Waals surface area contributed by atoms with Gasteiger partial charge in [-0.25, -0.2) is 0 Å². The highest BCUT2D eigenvalue weighted by atomic mass is 16.1. The van der Waals surface area contributed by atoms with Gasteiger partial charge in [0, 0.05) is 30.7 Å². The standard InChI is InChI=1S/C33H50O4.C3H8/c1-9-11-26(28(10-2)31(36)15-22(7)34)16-24-17-30-29(21(5)6)19-25(12-13-27(35)14-20(3)4)23(8)33(30)32(37)18-24;1-3-2/h19-21,24,26,28H,9-18H2,1-8H3;3H2,1-2H3. The van der Waals surface area contributed by atoms with Crippen molar-refractivity contribution in [2.24, 2.45) is 23.7 Å². The lowest BCUT2D eigenvalue weighted by molar-refractivity contribution is -0.130. The van der Waals surface area contributed by atoms with E-state index in [0.29, 0.717) is 31.6 Å². The number of Topliss-reactive ketones (excluding diaryl/α,β-unsaturated/α-hetero) is 4. The Labute approximate surface area is 245 Å². The Morgan fingerprint density at radius 3 is 2.12 bits per heavy atom. The zero-order valence-corrected chi connectivity index (χ0v) is 27.4. The van der Waals surface area contributed by atoms with Crippen molar-refractivity contribution in [2.75, 3.05) is 0 Å². The molecule has 0 fully saturated rings. The van der Waals surface area contributed by atoms with E-state index in [1.165, 1.54) is 24.5 Å². The van der Waals surface area contributed by atoms with E-state index < -0.39 is 0 Å². The van der Waals surface area contributed by atoms with E-state index >= 15 is 0 Å². The van der Waals surface area contributed by atoms with Crippen LogP contribution < -0.4 is 0 Å². The summed E-state index contributed by atoms with van der Waals surface area (Å²) in [5.74, 6) is 1.45. The Balaban J connectivity index is 0.00000254. The smallest absolute Gasteiger partial charge is 0.163 e. The Morgan fingerprint density at radius 1 is 1.00 bits per heavy atom. The molecule has 1 aromatic carbocycles. The molecule has 1 aliphatic carbocycles. The molecule has 0 saturated heterocycles. The summed E-state index contributed by atoms with van der Waals surface area (Å²) in [7, 11) is 0. The molecule has 3 unspecified atom stereocenters. The Bertz CT molecular complexity index is 1000. The van der Waals surface area contributed by atoms with E-state index in [1.807, 2.05) is 6.92 Å². The van der Waals surface area contributed by atoms with Crippen molar-refractivity contribution < 1.29 is 19.2 Å². The van der Waals surface area contributed by atoms with Crippen molar-refractivity contribution in [3.05, 3.63) is 33.9 Å². The summed E-state index contributed by atoms with van der Waals surface area (Å²) in [6.45, 7) is 20.5. The summed E-state index contributed by atoms with van der Waals surface area (Å²) < 4.78 is 0. The number of carbonyl (C=O) groups is 4. The van der Waals surface area contributed by atoms with Gasteiger partial charge in [0.05, 0.1) is 6.42 Å². The maximum Gasteiger partial charge on any atom is 0.163 e. The van der Waals surface area contributed by atoms with Crippen LogP contribution in [0.1, 0.15) is 159 Å². The van der Waals surface area contributed by atoms with Gasteiger partial charge in [-0.1, -0.05) is 80.7 Å². The summed E-state index contributed by atoms with van der Waals surface area (Å²) in [5, 5.41) is 0. The third-order valence-corrected chi connectivity index (χ3v) is 8.15. The SMILES string of the molecule is CCC.CCCC(CC1CC(=O)c2c(C)c(CCC(=O)CC(C)C)cc(C(C)C)c2C1)C(CC)C(=O)CC(C)=O. The fourth-order valence-corrected chi connectivity index (χ4v) is 6.49. The highest BCUT2D eigenvalue weighted by Gasteiger charge is 2.34. The predicted molar refractivity (Wildman–Crippen MR) is 167 cm³/mol. The fourth-order valence-electron chi connectivity index (χ4n) is 6.49. The van der Waals surface area contributed by atoms with Gasteiger partial charge in [-0.2, -0.15) is 0 Å². The number of fused-ring (bicyclic) bond motifs is 1. The fraction of sp³-hybridized carbons (Fsp3) is 0.722. The topological polar surface area (TPSA) is 68.3 Å². The van der Waals surface area contributed by atoms with Crippen LogP contribution in [-0.2, 0) is 27.2 Å². The van der Waals surface area contributed by atoms with E-state index in [1.54, 1.807) is 0 Å². The lowest BCUT2D eigenvalue weighted by Crippen LogP contribution is -2.30. The van der Waals surface area contributed by atoms with Gasteiger partial charge in [0.25, 0.3) is 0 Å². The molecule has 0 aliphatic heterocycles. The number of aryl methyl sites for hydroxylation is 1. The van der Waals surface area contributed by atoms with Crippen LogP contribution in [0.2, 0.25) is 0 Å². The number of ketones is 4. The normalized spacial score (nSPS) is 16.3. The monoisotopic (exact) mass is 554 g/mol. The van der Waals surface area contributed by atoms with E-state index in [9.17, 15) is 19.2 Å². The summed E-state index contributed by atoms with van der Waals surface area (Å²) in [5.41, 5.74) is 5.49. The molecule has 226 valence electrons. The minimum absolute atomic E-state index is 0.0181. The zero-order valence-electron chi connectivity index (χ0n) is 27.4. The largest absolute Gasteiger partial charge is 0.300 e. The van der Waals surface area contributed by atoms with Crippen LogP contribution in [0.4, 0.5) is 0 Å². The van der Waals surface area contributed by atoms with Gasteiger partial charge in [0.1, 0.15) is 17.3 Å². The average molecular weight is 555 g/mol. The third-order valence-electron chi connectivity index (χ3n) is 8.15. The Hall–Kier alpha value is -2.10. The zero-order chi connectivity index (χ0) is 30.6. The molecule has 2 rings (SSSR count). The van der Waals surface area contributed by atoms with Gasteiger partial charge in [-0.15, -0.1) is 0 Å². The number of hydrogen-bond acceptors (Lipinski definition) is 4. The molecule has 4 heteroatoms. The van der Waals surface area contributed by atoms with Crippen LogP contribution in [0.3, 0.4) is 0 Å². The molecule has 0 heterocycles. The molecular weight excluding hydrogens is 496 g/mol. The van der Waals surface area contributed by atoms with E-state index in [4.69, 9.17) is 0 Å². The second-order valence-electron chi connectivity index (χ2n) is 12.9. The number of rotatable bonds is 15. The minimum atomic E-state index is -0.114. The summed E-state index contributed by atoms with van der Waals surface area (Å²) in [6, 6.07) is 2.26. The number of hydrogen-bond donors (Lipinski definition) is 0. The van der Waals surface area contributed by atoms with Crippen LogP contribution in [0.25, 0.3) is 0 Å². The highest BCUT2D eigenvalue weighted by molar-refractivity contribution is 6.01.